The van der Waals surface area contributed by atoms with Crippen LogP contribution in [0.25, 0.3) is 22.2 Å². The second kappa shape index (κ2) is 7.07. The van der Waals surface area contributed by atoms with Crippen molar-refractivity contribution >= 4 is 22.2 Å². The van der Waals surface area contributed by atoms with Gasteiger partial charge in [-0.25, -0.2) is 14.6 Å². The molecule has 5 heterocycles. The number of fused-ring (bicyclic) bond motifs is 5. The van der Waals surface area contributed by atoms with E-state index < -0.39 is 17.4 Å². The van der Waals surface area contributed by atoms with E-state index in [9.17, 15) is 14.7 Å². The van der Waals surface area contributed by atoms with Crippen LogP contribution in [0.2, 0.25) is 0 Å². The van der Waals surface area contributed by atoms with E-state index in [1.54, 1.807) is 25.3 Å². The Morgan fingerprint density at radius 1 is 1.33 bits per heavy atom. The van der Waals surface area contributed by atoms with Gasteiger partial charge in [0.2, 0.25) is 5.58 Å². The average Bonchev–Trinajstić information content (AvgIpc) is 2.78. The highest BCUT2D eigenvalue weighted by Gasteiger charge is 2.43. The highest BCUT2D eigenvalue weighted by atomic mass is 16.5. The quantitative estimate of drug-likeness (QED) is 0.397. The van der Waals surface area contributed by atoms with Crippen LogP contribution in [0.1, 0.15) is 24.5 Å². The molecule has 2 aromatic heterocycles. The highest BCUT2D eigenvalue weighted by Crippen LogP contribution is 2.43. The molecule has 8 heteroatoms. The number of piperidine rings is 3. The predicted molar refractivity (Wildman–Crippen MR) is 110 cm³/mol. The van der Waals surface area contributed by atoms with Crippen LogP contribution in [0, 0.1) is 11.8 Å². The van der Waals surface area contributed by atoms with Crippen LogP contribution in [0.3, 0.4) is 0 Å². The lowest BCUT2D eigenvalue weighted by atomic mass is 9.73. The minimum Gasteiger partial charge on any atom is -0.497 e. The molecule has 0 aliphatic carbocycles. The minimum absolute atomic E-state index is 0.00392. The molecule has 8 nitrogen and oxygen atoms in total. The van der Waals surface area contributed by atoms with Crippen molar-refractivity contribution in [3.8, 4) is 5.75 Å². The normalized spacial score (nSPS) is 26.7. The molecule has 30 heavy (non-hydrogen) atoms. The zero-order valence-electron chi connectivity index (χ0n) is 16.5. The van der Waals surface area contributed by atoms with E-state index in [2.05, 4.69) is 16.5 Å². The Labute approximate surface area is 171 Å². The Hall–Kier alpha value is -2.97. The lowest BCUT2D eigenvalue weighted by Crippen LogP contribution is -2.54. The third kappa shape index (κ3) is 2.86. The summed E-state index contributed by atoms with van der Waals surface area (Å²) in [5.41, 5.74) is -1.46. The van der Waals surface area contributed by atoms with Gasteiger partial charge >= 0.3 is 11.3 Å². The minimum atomic E-state index is -1.13. The number of aliphatic hydroxyl groups excluding tert-OH is 1. The third-order valence-corrected chi connectivity index (χ3v) is 6.52. The first kappa shape index (κ1) is 19.0. The number of ether oxygens (including phenoxy) is 1. The molecule has 0 radical (unpaired) electrons. The van der Waals surface area contributed by atoms with E-state index in [1.807, 2.05) is 6.08 Å². The molecule has 3 aliphatic heterocycles. The zero-order chi connectivity index (χ0) is 21.0. The van der Waals surface area contributed by atoms with Crippen molar-refractivity contribution < 1.29 is 18.7 Å². The molecule has 3 aliphatic rings. The van der Waals surface area contributed by atoms with Crippen molar-refractivity contribution in [2.24, 2.45) is 11.8 Å². The van der Waals surface area contributed by atoms with Crippen molar-refractivity contribution in [1.29, 1.82) is 0 Å². The van der Waals surface area contributed by atoms with E-state index in [-0.39, 0.29) is 17.3 Å². The zero-order valence-corrected chi connectivity index (χ0v) is 16.5. The SMILES string of the molecule is C=C[C@H]1CN2CC[C@H]1C[C@@H]2[C@@H](O)c1c2cc(OC)ccc2nc2oc(=O)c(=O)oc12. The first-order chi connectivity index (χ1) is 14.5. The summed E-state index contributed by atoms with van der Waals surface area (Å²) in [6.07, 6.45) is 2.90. The second-order valence-electron chi connectivity index (χ2n) is 8.01. The number of rotatable bonds is 4. The summed E-state index contributed by atoms with van der Waals surface area (Å²) >= 11 is 0. The van der Waals surface area contributed by atoms with E-state index in [4.69, 9.17) is 13.6 Å². The van der Waals surface area contributed by atoms with Crippen LogP contribution in [-0.2, 0) is 0 Å². The monoisotopic (exact) mass is 410 g/mol. The van der Waals surface area contributed by atoms with Gasteiger partial charge in [-0.2, -0.15) is 0 Å². The van der Waals surface area contributed by atoms with Crippen molar-refractivity contribution in [1.82, 2.24) is 9.88 Å². The number of hydrogen-bond acceptors (Lipinski definition) is 8. The first-order valence-corrected chi connectivity index (χ1v) is 10.0. The molecule has 0 saturated carbocycles. The number of benzene rings is 1. The van der Waals surface area contributed by atoms with Crippen LogP contribution >= 0.6 is 0 Å². The number of aliphatic hydroxyl groups is 1. The summed E-state index contributed by atoms with van der Waals surface area (Å²) in [6.45, 7) is 5.67. The predicted octanol–water partition coefficient (Wildman–Crippen LogP) is 2.23. The number of aromatic nitrogens is 1. The molecule has 1 N–H and O–H groups in total. The fourth-order valence-corrected chi connectivity index (χ4v) is 4.98. The van der Waals surface area contributed by atoms with Gasteiger partial charge in [0.05, 0.1) is 18.7 Å². The molecule has 3 aromatic rings. The average molecular weight is 410 g/mol. The Kier molecular flexibility index (Phi) is 4.48. The molecule has 5 atom stereocenters. The largest absolute Gasteiger partial charge is 0.497 e. The molecule has 1 aromatic carbocycles. The van der Waals surface area contributed by atoms with Gasteiger partial charge in [-0.15, -0.1) is 6.58 Å². The maximum atomic E-state index is 11.9. The smallest absolute Gasteiger partial charge is 0.424 e. The van der Waals surface area contributed by atoms with Gasteiger partial charge in [0.1, 0.15) is 5.75 Å². The summed E-state index contributed by atoms with van der Waals surface area (Å²) in [5.74, 6) is 1.43. The van der Waals surface area contributed by atoms with Crippen LogP contribution in [0.5, 0.6) is 5.75 Å². The fraction of sp³-hybridized carbons (Fsp3) is 0.409. The molecule has 0 spiro atoms. The van der Waals surface area contributed by atoms with Crippen molar-refractivity contribution in [3.63, 3.8) is 0 Å². The summed E-state index contributed by atoms with van der Waals surface area (Å²) in [4.78, 5) is 30.2. The summed E-state index contributed by atoms with van der Waals surface area (Å²) in [5, 5.41) is 12.1. The van der Waals surface area contributed by atoms with Gasteiger partial charge in [0, 0.05) is 23.5 Å². The summed E-state index contributed by atoms with van der Waals surface area (Å²) in [7, 11) is 1.55. The van der Waals surface area contributed by atoms with Gasteiger partial charge in [-0.3, -0.25) is 4.90 Å². The Morgan fingerprint density at radius 2 is 2.13 bits per heavy atom. The summed E-state index contributed by atoms with van der Waals surface area (Å²) in [6, 6.07) is 5.04. The molecule has 2 bridgehead atoms. The van der Waals surface area contributed by atoms with Gasteiger partial charge in [-0.1, -0.05) is 6.08 Å². The van der Waals surface area contributed by atoms with E-state index in [0.29, 0.717) is 34.1 Å². The molecular weight excluding hydrogens is 388 g/mol. The van der Waals surface area contributed by atoms with Crippen LogP contribution < -0.4 is 16.0 Å². The Balaban J connectivity index is 1.73. The fourth-order valence-electron chi connectivity index (χ4n) is 4.98. The Bertz CT molecular complexity index is 1260. The molecule has 1 unspecified atom stereocenters. The number of hydrogen-bond donors (Lipinski definition) is 1. The standard InChI is InChI=1S/C22H22N2O6/c1-3-11-10-24-7-6-12(11)8-16(24)18(25)17-14-9-13(28-2)4-5-15(14)23-20-19(17)29-21(26)22(27)30-20/h3-5,9,11-12,16,18,25H,1,6-8,10H2,2H3/t11-,12-,16+,18+/m0/s1. The van der Waals surface area contributed by atoms with Gasteiger partial charge in [0.25, 0.3) is 5.71 Å². The van der Waals surface area contributed by atoms with Crippen molar-refractivity contribution in [2.75, 3.05) is 20.2 Å². The van der Waals surface area contributed by atoms with Crippen LogP contribution in [0.4, 0.5) is 0 Å². The summed E-state index contributed by atoms with van der Waals surface area (Å²) < 4.78 is 15.7. The first-order valence-electron chi connectivity index (χ1n) is 10.0. The van der Waals surface area contributed by atoms with Crippen molar-refractivity contribution in [3.05, 3.63) is 57.3 Å². The topological polar surface area (TPSA) is 106 Å². The number of methoxy groups -OCH3 is 1. The van der Waals surface area contributed by atoms with Crippen molar-refractivity contribution in [2.45, 2.75) is 25.0 Å². The number of pyridine rings is 1. The molecule has 3 fully saturated rings. The third-order valence-electron chi connectivity index (χ3n) is 6.52. The van der Waals surface area contributed by atoms with Gasteiger partial charge < -0.3 is 18.7 Å². The lowest BCUT2D eigenvalue weighted by Gasteiger charge is -2.50. The molecule has 156 valence electrons. The van der Waals surface area contributed by atoms with Gasteiger partial charge in [-0.05, 0) is 49.4 Å². The molecule has 0 amide bonds. The molecule has 6 rings (SSSR count). The maximum absolute atomic E-state index is 11.9. The Morgan fingerprint density at radius 3 is 2.83 bits per heavy atom. The molecule has 3 saturated heterocycles. The van der Waals surface area contributed by atoms with E-state index in [0.717, 1.165) is 25.9 Å². The van der Waals surface area contributed by atoms with Crippen LogP contribution in [-0.4, -0.2) is 41.2 Å². The van der Waals surface area contributed by atoms with E-state index >= 15 is 0 Å². The van der Waals surface area contributed by atoms with Crippen LogP contribution in [0.15, 0.2) is 49.3 Å². The van der Waals surface area contributed by atoms with Gasteiger partial charge in [0.15, 0.2) is 0 Å². The maximum Gasteiger partial charge on any atom is 0.424 e. The molecular formula is C22H22N2O6. The highest BCUT2D eigenvalue weighted by molar-refractivity contribution is 5.94. The van der Waals surface area contributed by atoms with E-state index in [1.165, 1.54) is 0 Å². The number of nitrogens with zero attached hydrogens (tertiary/aromatic N) is 2. The second-order valence-corrected chi connectivity index (χ2v) is 8.01. The lowest BCUT2D eigenvalue weighted by molar-refractivity contribution is -0.0443.